The Labute approximate surface area is 142 Å². The Kier molecular flexibility index (Phi) is 4.65. The fraction of sp³-hybridized carbons (Fsp3) is 0.0588. The van der Waals surface area contributed by atoms with Gasteiger partial charge in [-0.1, -0.05) is 35.3 Å². The van der Waals surface area contributed by atoms with Gasteiger partial charge in [0.25, 0.3) is 0 Å². The largest absolute Gasteiger partial charge is 0.480 e. The molecule has 0 atom stereocenters. The van der Waals surface area contributed by atoms with Gasteiger partial charge in [-0.05, 0) is 36.4 Å². The first-order chi connectivity index (χ1) is 11.1. The highest BCUT2D eigenvalue weighted by molar-refractivity contribution is 6.35. The predicted molar refractivity (Wildman–Crippen MR) is 89.3 cm³/mol. The maximum absolute atomic E-state index is 12.0. The van der Waals surface area contributed by atoms with Crippen molar-refractivity contribution in [1.29, 1.82) is 0 Å². The lowest BCUT2D eigenvalue weighted by atomic mass is 10.2. The van der Waals surface area contributed by atoms with Crippen LogP contribution in [-0.2, 0) is 4.79 Å². The van der Waals surface area contributed by atoms with Gasteiger partial charge < -0.3 is 9.47 Å². The van der Waals surface area contributed by atoms with Crippen LogP contribution in [0.1, 0.15) is 0 Å². The molecule has 0 aliphatic carbocycles. The molecule has 116 valence electrons. The monoisotopic (exact) mass is 347 g/mol. The van der Waals surface area contributed by atoms with Gasteiger partial charge in [0, 0.05) is 11.6 Å². The molecule has 1 aromatic heterocycles. The summed E-state index contributed by atoms with van der Waals surface area (Å²) < 4.78 is 10.7. The summed E-state index contributed by atoms with van der Waals surface area (Å²) >= 11 is 12.1. The molecule has 3 aromatic rings. The van der Waals surface area contributed by atoms with E-state index >= 15 is 0 Å². The van der Waals surface area contributed by atoms with Gasteiger partial charge in [0.05, 0.1) is 10.0 Å². The summed E-state index contributed by atoms with van der Waals surface area (Å²) in [7, 11) is 0. The lowest BCUT2D eigenvalue weighted by molar-refractivity contribution is -0.136. The standard InChI is InChI=1S/C17H11Cl2NO3/c18-12-7-8-15(17-11(12)4-3-9-20-17)23-16(21)10-22-14-6-2-1-5-13(14)19/h1-9H,10H2. The number of pyridine rings is 1. The van der Waals surface area contributed by atoms with Crippen molar-refractivity contribution in [2.45, 2.75) is 0 Å². The van der Waals surface area contributed by atoms with E-state index in [0.717, 1.165) is 0 Å². The van der Waals surface area contributed by atoms with Crippen LogP contribution in [0.3, 0.4) is 0 Å². The molecule has 0 aliphatic rings. The van der Waals surface area contributed by atoms with E-state index < -0.39 is 5.97 Å². The Balaban J connectivity index is 1.74. The molecule has 0 saturated heterocycles. The van der Waals surface area contributed by atoms with E-state index in [4.69, 9.17) is 32.7 Å². The second-order valence-electron chi connectivity index (χ2n) is 4.64. The number of ether oxygens (including phenoxy) is 2. The molecule has 6 heteroatoms. The summed E-state index contributed by atoms with van der Waals surface area (Å²) in [5.41, 5.74) is 0.520. The van der Waals surface area contributed by atoms with E-state index in [1.807, 2.05) is 6.07 Å². The molecule has 1 heterocycles. The summed E-state index contributed by atoms with van der Waals surface area (Å²) in [6.07, 6.45) is 1.61. The molecule has 4 nitrogen and oxygen atoms in total. The molecule has 23 heavy (non-hydrogen) atoms. The molecule has 0 aliphatic heterocycles. The van der Waals surface area contributed by atoms with Crippen molar-refractivity contribution < 1.29 is 14.3 Å². The zero-order valence-corrected chi connectivity index (χ0v) is 13.3. The molecule has 0 spiro atoms. The van der Waals surface area contributed by atoms with Crippen LogP contribution in [-0.4, -0.2) is 17.6 Å². The fourth-order valence-electron chi connectivity index (χ4n) is 2.04. The number of hydrogen-bond donors (Lipinski definition) is 0. The fourth-order valence-corrected chi connectivity index (χ4v) is 2.45. The Bertz CT molecular complexity index is 867. The molecule has 0 bridgehead atoms. The first-order valence-corrected chi connectivity index (χ1v) is 7.52. The van der Waals surface area contributed by atoms with Crippen LogP contribution in [0.2, 0.25) is 10.0 Å². The molecule has 2 aromatic carbocycles. The molecular formula is C17H11Cl2NO3. The van der Waals surface area contributed by atoms with Crippen LogP contribution in [0, 0.1) is 0 Å². The van der Waals surface area contributed by atoms with Gasteiger partial charge in [0.2, 0.25) is 0 Å². The summed E-state index contributed by atoms with van der Waals surface area (Å²) in [4.78, 5) is 16.2. The van der Waals surface area contributed by atoms with Crippen LogP contribution in [0.15, 0.2) is 54.7 Å². The summed E-state index contributed by atoms with van der Waals surface area (Å²) in [6, 6.07) is 13.7. The first kappa shape index (κ1) is 15.6. The number of hydrogen-bond acceptors (Lipinski definition) is 4. The molecule has 0 fully saturated rings. The minimum atomic E-state index is -0.556. The maximum atomic E-state index is 12.0. The molecule has 0 N–H and O–H groups in total. The van der Waals surface area contributed by atoms with E-state index in [0.29, 0.717) is 32.4 Å². The van der Waals surface area contributed by atoms with Crippen molar-refractivity contribution in [3.63, 3.8) is 0 Å². The van der Waals surface area contributed by atoms with Gasteiger partial charge in [-0.2, -0.15) is 0 Å². The molecule has 3 rings (SSSR count). The topological polar surface area (TPSA) is 48.4 Å². The van der Waals surface area contributed by atoms with E-state index in [2.05, 4.69) is 4.98 Å². The van der Waals surface area contributed by atoms with Crippen molar-refractivity contribution in [3.8, 4) is 11.5 Å². The van der Waals surface area contributed by atoms with E-state index in [9.17, 15) is 4.79 Å². The number of halogens is 2. The van der Waals surface area contributed by atoms with Gasteiger partial charge in [0.1, 0.15) is 11.3 Å². The van der Waals surface area contributed by atoms with Crippen molar-refractivity contribution in [2.75, 3.05) is 6.61 Å². The smallest absolute Gasteiger partial charge is 0.349 e. The zero-order valence-electron chi connectivity index (χ0n) is 11.8. The third-order valence-electron chi connectivity index (χ3n) is 3.09. The van der Waals surface area contributed by atoms with Gasteiger partial charge in [-0.25, -0.2) is 4.79 Å². The quantitative estimate of drug-likeness (QED) is 0.514. The van der Waals surface area contributed by atoms with Gasteiger partial charge in [0.15, 0.2) is 12.4 Å². The van der Waals surface area contributed by atoms with Crippen LogP contribution in [0.25, 0.3) is 10.9 Å². The van der Waals surface area contributed by atoms with Crippen LogP contribution >= 0.6 is 23.2 Å². The minimum absolute atomic E-state index is 0.263. The molecule has 0 radical (unpaired) electrons. The molecule has 0 saturated carbocycles. The summed E-state index contributed by atoms with van der Waals surface area (Å²) in [5.74, 6) is 0.196. The maximum Gasteiger partial charge on any atom is 0.349 e. The Morgan fingerprint density at radius 1 is 0.957 bits per heavy atom. The predicted octanol–water partition coefficient (Wildman–Crippen LogP) is 4.53. The van der Waals surface area contributed by atoms with Crippen molar-refractivity contribution in [3.05, 3.63) is 64.8 Å². The lowest BCUT2D eigenvalue weighted by Crippen LogP contribution is -2.18. The highest BCUT2D eigenvalue weighted by Crippen LogP contribution is 2.29. The summed E-state index contributed by atoms with van der Waals surface area (Å²) in [6.45, 7) is -0.263. The number of fused-ring (bicyclic) bond motifs is 1. The lowest BCUT2D eigenvalue weighted by Gasteiger charge is -2.09. The Morgan fingerprint density at radius 3 is 2.61 bits per heavy atom. The Hall–Kier alpha value is -2.30. The Morgan fingerprint density at radius 2 is 1.78 bits per heavy atom. The second kappa shape index (κ2) is 6.86. The van der Waals surface area contributed by atoms with Gasteiger partial charge in [-0.3, -0.25) is 4.98 Å². The summed E-state index contributed by atoms with van der Waals surface area (Å²) in [5, 5.41) is 1.69. The van der Waals surface area contributed by atoms with Crippen molar-refractivity contribution >= 4 is 40.1 Å². The minimum Gasteiger partial charge on any atom is -0.480 e. The molecule has 0 amide bonds. The number of aromatic nitrogens is 1. The third-order valence-corrected chi connectivity index (χ3v) is 3.73. The van der Waals surface area contributed by atoms with E-state index in [1.165, 1.54) is 0 Å². The number of para-hydroxylation sites is 1. The number of carbonyl (C=O) groups is 1. The zero-order chi connectivity index (χ0) is 16.2. The number of esters is 1. The van der Waals surface area contributed by atoms with E-state index in [-0.39, 0.29) is 6.61 Å². The number of rotatable bonds is 4. The third kappa shape index (κ3) is 3.55. The van der Waals surface area contributed by atoms with Gasteiger partial charge >= 0.3 is 5.97 Å². The number of benzene rings is 2. The highest BCUT2D eigenvalue weighted by Gasteiger charge is 2.12. The van der Waals surface area contributed by atoms with Crippen molar-refractivity contribution in [2.24, 2.45) is 0 Å². The second-order valence-corrected chi connectivity index (χ2v) is 5.45. The van der Waals surface area contributed by atoms with Crippen molar-refractivity contribution in [1.82, 2.24) is 4.98 Å². The van der Waals surface area contributed by atoms with Crippen LogP contribution in [0.4, 0.5) is 0 Å². The average molecular weight is 348 g/mol. The number of carbonyl (C=O) groups excluding carboxylic acids is 1. The highest BCUT2D eigenvalue weighted by atomic mass is 35.5. The molecule has 0 unspecified atom stereocenters. The van der Waals surface area contributed by atoms with Crippen LogP contribution < -0.4 is 9.47 Å². The first-order valence-electron chi connectivity index (χ1n) is 6.76. The number of nitrogens with zero attached hydrogens (tertiary/aromatic N) is 1. The van der Waals surface area contributed by atoms with Gasteiger partial charge in [-0.15, -0.1) is 0 Å². The van der Waals surface area contributed by atoms with Crippen LogP contribution in [0.5, 0.6) is 11.5 Å². The molecular weight excluding hydrogens is 337 g/mol. The SMILES string of the molecule is O=C(COc1ccccc1Cl)Oc1ccc(Cl)c2cccnc12. The average Bonchev–Trinajstić information content (AvgIpc) is 2.57. The van der Waals surface area contributed by atoms with E-state index in [1.54, 1.807) is 48.7 Å². The normalized spacial score (nSPS) is 10.5.